The molecule has 2 aromatic heterocycles. The predicted octanol–water partition coefficient (Wildman–Crippen LogP) is 6.17. The van der Waals surface area contributed by atoms with E-state index in [0.29, 0.717) is 65.8 Å². The number of ether oxygens (including phenoxy) is 3. The number of likely N-dealkylation sites (tertiary alicyclic amines) is 1. The number of rotatable bonds is 7. The number of phenols is 1. The SMILES string of the molecule is CCc1c(F)ccc2cc(O)cc(-c3ncc4c(N5CCOC[C@@](C)(O)C5)nc(OC[C@]56CCC[C@H]5N(C5CCCOC5)CCC6)nc4c3F)c12. The van der Waals surface area contributed by atoms with Crippen molar-refractivity contribution in [3.8, 4) is 23.0 Å². The number of aryl methyl sites for hydroxylation is 1. The van der Waals surface area contributed by atoms with Gasteiger partial charge in [0.2, 0.25) is 0 Å². The van der Waals surface area contributed by atoms with Gasteiger partial charge in [-0.25, -0.2) is 8.78 Å². The number of halogens is 2. The van der Waals surface area contributed by atoms with Gasteiger partial charge >= 0.3 is 6.01 Å². The van der Waals surface area contributed by atoms with E-state index in [1.165, 1.54) is 18.3 Å². The zero-order valence-corrected chi connectivity index (χ0v) is 29.5. The van der Waals surface area contributed by atoms with Gasteiger partial charge in [0, 0.05) is 42.4 Å². The number of β-amino-alcohol motifs (C(OH)–C–C–N with tert-alkyl or cyclic N) is 1. The molecule has 12 heteroatoms. The summed E-state index contributed by atoms with van der Waals surface area (Å²) in [5, 5.41) is 23.2. The lowest BCUT2D eigenvalue weighted by Gasteiger charge is -2.49. The van der Waals surface area contributed by atoms with E-state index < -0.39 is 17.2 Å². The number of benzene rings is 2. The molecule has 3 saturated heterocycles. The molecule has 4 aromatic rings. The van der Waals surface area contributed by atoms with Crippen LogP contribution in [-0.2, 0) is 15.9 Å². The van der Waals surface area contributed by atoms with Crippen LogP contribution in [0.25, 0.3) is 32.9 Å². The Kier molecular flexibility index (Phi) is 9.23. The number of phenolic OH excluding ortho intramolecular Hbond substituents is 1. The Morgan fingerprint density at radius 3 is 2.73 bits per heavy atom. The Morgan fingerprint density at radius 2 is 1.90 bits per heavy atom. The normalized spacial score (nSPS) is 27.5. The zero-order valence-electron chi connectivity index (χ0n) is 29.5. The van der Waals surface area contributed by atoms with Crippen LogP contribution in [0.3, 0.4) is 0 Å². The number of pyridine rings is 1. The molecule has 10 nitrogen and oxygen atoms in total. The first-order valence-electron chi connectivity index (χ1n) is 18.5. The van der Waals surface area contributed by atoms with Gasteiger partial charge in [-0.05, 0) is 92.9 Å². The topological polar surface area (TPSA) is 113 Å². The first-order chi connectivity index (χ1) is 24.7. The number of fused-ring (bicyclic) bond motifs is 3. The number of hydrogen-bond donors (Lipinski definition) is 2. The number of piperidine rings is 1. The molecule has 51 heavy (non-hydrogen) atoms. The van der Waals surface area contributed by atoms with Crippen molar-refractivity contribution in [2.24, 2.45) is 5.41 Å². The van der Waals surface area contributed by atoms with Crippen molar-refractivity contribution in [2.75, 3.05) is 57.6 Å². The summed E-state index contributed by atoms with van der Waals surface area (Å²) in [4.78, 5) is 18.7. The number of anilines is 1. The van der Waals surface area contributed by atoms with Crippen LogP contribution in [0, 0.1) is 17.0 Å². The van der Waals surface area contributed by atoms with E-state index in [1.54, 1.807) is 19.1 Å². The highest BCUT2D eigenvalue weighted by atomic mass is 19.1. The second kappa shape index (κ2) is 13.7. The van der Waals surface area contributed by atoms with E-state index in [1.807, 2.05) is 11.8 Å². The fourth-order valence-electron chi connectivity index (χ4n) is 9.30. The highest BCUT2D eigenvalue weighted by Gasteiger charge is 2.50. The summed E-state index contributed by atoms with van der Waals surface area (Å²) in [7, 11) is 0. The Labute approximate surface area is 296 Å². The molecule has 272 valence electrons. The predicted molar refractivity (Wildman–Crippen MR) is 190 cm³/mol. The minimum atomic E-state index is -1.17. The van der Waals surface area contributed by atoms with Crippen LogP contribution in [0.5, 0.6) is 11.8 Å². The molecule has 0 bridgehead atoms. The van der Waals surface area contributed by atoms with Crippen LogP contribution in [0.1, 0.15) is 64.4 Å². The Bertz CT molecular complexity index is 1940. The van der Waals surface area contributed by atoms with Gasteiger partial charge in [0.25, 0.3) is 0 Å². The molecular formula is C39H47F2N5O5. The van der Waals surface area contributed by atoms with Gasteiger partial charge in [0.15, 0.2) is 5.82 Å². The molecule has 0 radical (unpaired) electrons. The Hall–Kier alpha value is -3.71. The first-order valence-corrected chi connectivity index (χ1v) is 18.5. The molecule has 1 saturated carbocycles. The van der Waals surface area contributed by atoms with Gasteiger partial charge < -0.3 is 29.3 Å². The van der Waals surface area contributed by atoms with Gasteiger partial charge in [0.05, 0.1) is 38.4 Å². The molecule has 4 aliphatic rings. The Balaban J connectivity index is 1.22. The van der Waals surface area contributed by atoms with Gasteiger partial charge in [-0.15, -0.1) is 0 Å². The monoisotopic (exact) mass is 703 g/mol. The highest BCUT2D eigenvalue weighted by molar-refractivity contribution is 6.01. The zero-order chi connectivity index (χ0) is 35.3. The van der Waals surface area contributed by atoms with Crippen LogP contribution in [0.4, 0.5) is 14.6 Å². The molecule has 5 heterocycles. The summed E-state index contributed by atoms with van der Waals surface area (Å²) in [5.74, 6) is -0.825. The van der Waals surface area contributed by atoms with E-state index in [4.69, 9.17) is 24.2 Å². The van der Waals surface area contributed by atoms with E-state index >= 15 is 8.78 Å². The van der Waals surface area contributed by atoms with Crippen molar-refractivity contribution in [2.45, 2.75) is 82.9 Å². The maximum Gasteiger partial charge on any atom is 0.319 e. The maximum atomic E-state index is 17.1. The smallest absolute Gasteiger partial charge is 0.319 e. The average molecular weight is 704 g/mol. The van der Waals surface area contributed by atoms with E-state index in [0.717, 1.165) is 64.7 Å². The standard InChI is InChI=1S/C39H47F2N5O5/c1-3-27-30(40)10-9-24-17-26(47)18-28(32(24)27)34-33(41)35-29(19-42-34)36(45-14-16-50-22-38(2,48)21-45)44-37(43-35)51-23-39-11-4-8-31(39)46(13-6-12-39)25-7-5-15-49-20-25/h9-10,17-19,25,31,47-48H,3-8,11-16,20-23H2,1-2H3/t25?,31-,38+,39-/m1/s1. The highest BCUT2D eigenvalue weighted by Crippen LogP contribution is 2.49. The average Bonchev–Trinajstić information content (AvgIpc) is 3.48. The van der Waals surface area contributed by atoms with Crippen molar-refractivity contribution in [1.82, 2.24) is 19.9 Å². The Morgan fingerprint density at radius 1 is 1.04 bits per heavy atom. The fourth-order valence-corrected chi connectivity index (χ4v) is 9.30. The van der Waals surface area contributed by atoms with Crippen molar-refractivity contribution < 1.29 is 33.2 Å². The van der Waals surface area contributed by atoms with E-state index in [9.17, 15) is 10.2 Å². The van der Waals surface area contributed by atoms with Crippen LogP contribution in [0.2, 0.25) is 0 Å². The molecule has 8 rings (SSSR count). The minimum absolute atomic E-state index is 0.000787. The lowest BCUT2D eigenvalue weighted by Crippen LogP contribution is -2.57. The van der Waals surface area contributed by atoms with Crippen molar-refractivity contribution in [3.63, 3.8) is 0 Å². The molecular weight excluding hydrogens is 656 g/mol. The summed E-state index contributed by atoms with van der Waals surface area (Å²) >= 11 is 0. The number of nitrogens with zero attached hydrogens (tertiary/aromatic N) is 5. The third-order valence-electron chi connectivity index (χ3n) is 11.6. The quantitative estimate of drug-likeness (QED) is 0.232. The second-order valence-corrected chi connectivity index (χ2v) is 15.2. The molecule has 2 N–H and O–H groups in total. The number of hydrogen-bond acceptors (Lipinski definition) is 10. The summed E-state index contributed by atoms with van der Waals surface area (Å²) in [6.45, 7) is 7.70. The number of aromatic hydroxyl groups is 1. The number of aromatic nitrogens is 3. The fraction of sp³-hybridized carbons (Fsp3) is 0.564. The van der Waals surface area contributed by atoms with Gasteiger partial charge in [-0.2, -0.15) is 9.97 Å². The summed E-state index contributed by atoms with van der Waals surface area (Å²) in [6, 6.07) is 6.74. The molecule has 2 aromatic carbocycles. The summed E-state index contributed by atoms with van der Waals surface area (Å²) in [5.41, 5.74) is -0.617. The van der Waals surface area contributed by atoms with Gasteiger partial charge in [-0.1, -0.05) is 19.4 Å². The molecule has 1 aliphatic carbocycles. The first kappa shape index (κ1) is 34.4. The van der Waals surface area contributed by atoms with E-state index in [2.05, 4.69) is 9.88 Å². The van der Waals surface area contributed by atoms with Gasteiger partial charge in [0.1, 0.15) is 34.2 Å². The second-order valence-electron chi connectivity index (χ2n) is 15.2. The van der Waals surface area contributed by atoms with Crippen LogP contribution in [0.15, 0.2) is 30.5 Å². The molecule has 4 fully saturated rings. The summed E-state index contributed by atoms with van der Waals surface area (Å²) in [6.07, 6.45) is 9.48. The lowest BCUT2D eigenvalue weighted by molar-refractivity contribution is -0.0611. The molecule has 4 atom stereocenters. The summed E-state index contributed by atoms with van der Waals surface area (Å²) < 4.78 is 50.3. The van der Waals surface area contributed by atoms with E-state index in [-0.39, 0.29) is 47.1 Å². The third-order valence-corrected chi connectivity index (χ3v) is 11.6. The maximum absolute atomic E-state index is 17.1. The molecule has 0 amide bonds. The third kappa shape index (κ3) is 6.38. The molecule has 3 aliphatic heterocycles. The van der Waals surface area contributed by atoms with Crippen molar-refractivity contribution in [1.29, 1.82) is 0 Å². The van der Waals surface area contributed by atoms with Crippen molar-refractivity contribution in [3.05, 3.63) is 47.7 Å². The van der Waals surface area contributed by atoms with Crippen LogP contribution < -0.4 is 9.64 Å². The lowest BCUT2D eigenvalue weighted by atomic mass is 9.74. The van der Waals surface area contributed by atoms with Crippen molar-refractivity contribution >= 4 is 27.5 Å². The number of aliphatic hydroxyl groups is 1. The molecule has 0 spiro atoms. The van der Waals surface area contributed by atoms with Crippen LogP contribution >= 0.6 is 0 Å². The largest absolute Gasteiger partial charge is 0.508 e. The minimum Gasteiger partial charge on any atom is -0.508 e. The van der Waals surface area contributed by atoms with Crippen LogP contribution in [-0.4, -0.2) is 100 Å². The molecule has 1 unspecified atom stereocenters. The van der Waals surface area contributed by atoms with Gasteiger partial charge in [-0.3, -0.25) is 9.88 Å².